The van der Waals surface area contributed by atoms with Gasteiger partial charge in [-0.25, -0.2) is 0 Å². The first-order chi connectivity index (χ1) is 8.54. The van der Waals surface area contributed by atoms with E-state index in [9.17, 15) is 4.79 Å². The minimum absolute atomic E-state index is 0.0902. The Labute approximate surface area is 110 Å². The molecule has 0 aromatic heterocycles. The first-order valence-electron chi connectivity index (χ1n) is 6.80. The van der Waals surface area contributed by atoms with Crippen LogP contribution in [0.4, 0.5) is 0 Å². The van der Waals surface area contributed by atoms with Crippen molar-refractivity contribution in [2.45, 2.75) is 38.8 Å². The van der Waals surface area contributed by atoms with Gasteiger partial charge in [0, 0.05) is 39.4 Å². The minimum atomic E-state index is -0.0960. The average molecular weight is 257 g/mol. The van der Waals surface area contributed by atoms with Crippen LogP contribution in [0.15, 0.2) is 0 Å². The normalized spacial score (nSPS) is 26.9. The van der Waals surface area contributed by atoms with Crippen LogP contribution in [0.1, 0.15) is 26.7 Å². The molecule has 0 radical (unpaired) electrons. The van der Waals surface area contributed by atoms with E-state index in [1.165, 1.54) is 0 Å². The molecule has 1 heterocycles. The Bertz CT molecular complexity index is 251. The van der Waals surface area contributed by atoms with Crippen LogP contribution in [-0.4, -0.2) is 56.2 Å². The Morgan fingerprint density at radius 1 is 1.56 bits per heavy atom. The number of amides is 1. The van der Waals surface area contributed by atoms with Crippen LogP contribution in [0.5, 0.6) is 0 Å². The van der Waals surface area contributed by atoms with Crippen molar-refractivity contribution in [2.75, 3.05) is 33.4 Å². The summed E-state index contributed by atoms with van der Waals surface area (Å²) in [6.45, 7) is 7.27. The molecular formula is C13H27N3O2. The van der Waals surface area contributed by atoms with Crippen LogP contribution in [0, 0.1) is 5.92 Å². The molecule has 0 bridgehead atoms. The molecule has 3 unspecified atom stereocenters. The molecule has 106 valence electrons. The van der Waals surface area contributed by atoms with Crippen LogP contribution >= 0.6 is 0 Å². The van der Waals surface area contributed by atoms with E-state index >= 15 is 0 Å². The fourth-order valence-corrected chi connectivity index (χ4v) is 2.50. The number of nitrogens with zero attached hydrogens (tertiary/aromatic N) is 1. The Morgan fingerprint density at radius 2 is 2.28 bits per heavy atom. The molecule has 3 atom stereocenters. The first kappa shape index (κ1) is 15.4. The largest absolute Gasteiger partial charge is 0.385 e. The predicted octanol–water partition coefficient (Wildman–Crippen LogP) is 0.197. The summed E-state index contributed by atoms with van der Waals surface area (Å²) in [6, 6.07) is 0.0961. The molecule has 1 saturated heterocycles. The number of methoxy groups -OCH3 is 1. The molecule has 18 heavy (non-hydrogen) atoms. The number of nitrogens with two attached hydrogens (primary N) is 1. The predicted molar refractivity (Wildman–Crippen MR) is 72.3 cm³/mol. The molecule has 5 nitrogen and oxygen atoms in total. The third kappa shape index (κ3) is 4.92. The summed E-state index contributed by atoms with van der Waals surface area (Å²) in [5.41, 5.74) is 6.00. The molecule has 1 amide bonds. The number of rotatable bonds is 6. The van der Waals surface area contributed by atoms with Gasteiger partial charge < -0.3 is 15.8 Å². The number of carbonyl (C=O) groups excluding carboxylic acids is 1. The fraction of sp³-hybridized carbons (Fsp3) is 0.923. The highest BCUT2D eigenvalue weighted by Gasteiger charge is 2.28. The third-order valence-corrected chi connectivity index (χ3v) is 3.47. The Kier molecular flexibility index (Phi) is 6.60. The molecule has 1 aliphatic heterocycles. The van der Waals surface area contributed by atoms with Gasteiger partial charge in [0.2, 0.25) is 5.91 Å². The first-order valence-corrected chi connectivity index (χ1v) is 6.80. The minimum Gasteiger partial charge on any atom is -0.385 e. The molecular weight excluding hydrogens is 230 g/mol. The highest BCUT2D eigenvalue weighted by Crippen LogP contribution is 2.17. The van der Waals surface area contributed by atoms with E-state index in [0.29, 0.717) is 19.1 Å². The van der Waals surface area contributed by atoms with Crippen molar-refractivity contribution in [1.29, 1.82) is 0 Å². The summed E-state index contributed by atoms with van der Waals surface area (Å²) in [6.07, 6.45) is 1.91. The molecule has 1 aliphatic rings. The number of carbonyl (C=O) groups is 1. The molecule has 0 saturated carbocycles. The van der Waals surface area contributed by atoms with Crippen LogP contribution in [0.2, 0.25) is 0 Å². The summed E-state index contributed by atoms with van der Waals surface area (Å²) in [7, 11) is 1.67. The second-order valence-electron chi connectivity index (χ2n) is 5.37. The zero-order valence-corrected chi connectivity index (χ0v) is 11.8. The van der Waals surface area contributed by atoms with Crippen molar-refractivity contribution >= 4 is 5.91 Å². The highest BCUT2D eigenvalue weighted by molar-refractivity contribution is 5.81. The second kappa shape index (κ2) is 7.71. The summed E-state index contributed by atoms with van der Waals surface area (Å²) in [5.74, 6) is 0.657. The Morgan fingerprint density at radius 3 is 2.89 bits per heavy atom. The maximum Gasteiger partial charge on any atom is 0.237 e. The standard InChI is InChI=1S/C13H27N3O2/c1-10-7-12(14)9-16(8-10)11(2)13(17)15-5-4-6-18-3/h10-12H,4-9,14H2,1-3H3,(H,15,17). The zero-order valence-electron chi connectivity index (χ0n) is 11.8. The van der Waals surface area contributed by atoms with Crippen molar-refractivity contribution < 1.29 is 9.53 Å². The van der Waals surface area contributed by atoms with Crippen LogP contribution in [0.3, 0.4) is 0 Å². The second-order valence-corrected chi connectivity index (χ2v) is 5.37. The van der Waals surface area contributed by atoms with Crippen molar-refractivity contribution in [3.63, 3.8) is 0 Å². The maximum absolute atomic E-state index is 12.0. The van der Waals surface area contributed by atoms with Gasteiger partial charge in [0.05, 0.1) is 6.04 Å². The molecule has 0 aliphatic carbocycles. The summed E-state index contributed by atoms with van der Waals surface area (Å²) >= 11 is 0. The van der Waals surface area contributed by atoms with Gasteiger partial charge in [0.1, 0.15) is 0 Å². The van der Waals surface area contributed by atoms with E-state index in [2.05, 4.69) is 17.1 Å². The van der Waals surface area contributed by atoms with Gasteiger partial charge in [-0.1, -0.05) is 6.92 Å². The number of ether oxygens (including phenoxy) is 1. The zero-order chi connectivity index (χ0) is 13.5. The summed E-state index contributed by atoms with van der Waals surface area (Å²) in [4.78, 5) is 14.2. The van der Waals surface area contributed by atoms with Crippen molar-refractivity contribution in [2.24, 2.45) is 11.7 Å². The Balaban J connectivity index is 2.33. The highest BCUT2D eigenvalue weighted by atomic mass is 16.5. The quantitative estimate of drug-likeness (QED) is 0.667. The van der Waals surface area contributed by atoms with Gasteiger partial charge in [-0.15, -0.1) is 0 Å². The van der Waals surface area contributed by atoms with Crippen molar-refractivity contribution in [3.8, 4) is 0 Å². The number of likely N-dealkylation sites (tertiary alicyclic amines) is 1. The van der Waals surface area contributed by atoms with Gasteiger partial charge in [-0.2, -0.15) is 0 Å². The molecule has 0 aromatic carbocycles. The number of nitrogens with one attached hydrogen (secondary N) is 1. The number of piperidine rings is 1. The van der Waals surface area contributed by atoms with Gasteiger partial charge >= 0.3 is 0 Å². The van der Waals surface area contributed by atoms with Crippen LogP contribution < -0.4 is 11.1 Å². The van der Waals surface area contributed by atoms with Crippen LogP contribution in [0.25, 0.3) is 0 Å². The topological polar surface area (TPSA) is 67.6 Å². The van der Waals surface area contributed by atoms with Crippen LogP contribution in [-0.2, 0) is 9.53 Å². The van der Waals surface area contributed by atoms with E-state index in [4.69, 9.17) is 10.5 Å². The average Bonchev–Trinajstić information content (AvgIpc) is 2.32. The van der Waals surface area contributed by atoms with Gasteiger partial charge in [0.25, 0.3) is 0 Å². The molecule has 1 rings (SSSR count). The van der Waals surface area contributed by atoms with Gasteiger partial charge in [-0.05, 0) is 25.7 Å². The fourth-order valence-electron chi connectivity index (χ4n) is 2.50. The van der Waals surface area contributed by atoms with Crippen molar-refractivity contribution in [3.05, 3.63) is 0 Å². The SMILES string of the molecule is COCCCNC(=O)C(C)N1CC(C)CC(N)C1. The molecule has 0 aromatic rings. The van der Waals surface area contributed by atoms with E-state index in [-0.39, 0.29) is 18.0 Å². The van der Waals surface area contributed by atoms with Crippen molar-refractivity contribution in [1.82, 2.24) is 10.2 Å². The lowest BCUT2D eigenvalue weighted by Gasteiger charge is -2.37. The Hall–Kier alpha value is -0.650. The van der Waals surface area contributed by atoms with E-state index < -0.39 is 0 Å². The number of hydrogen-bond acceptors (Lipinski definition) is 4. The monoisotopic (exact) mass is 257 g/mol. The summed E-state index contributed by atoms with van der Waals surface area (Å²) < 4.78 is 4.95. The lowest BCUT2D eigenvalue weighted by molar-refractivity contribution is -0.126. The smallest absolute Gasteiger partial charge is 0.237 e. The lowest BCUT2D eigenvalue weighted by Crippen LogP contribution is -2.54. The van der Waals surface area contributed by atoms with E-state index in [1.54, 1.807) is 7.11 Å². The molecule has 0 spiro atoms. The molecule has 3 N–H and O–H groups in total. The molecule has 5 heteroatoms. The van der Waals surface area contributed by atoms with Gasteiger partial charge in [0.15, 0.2) is 0 Å². The third-order valence-electron chi connectivity index (χ3n) is 3.47. The lowest BCUT2D eigenvalue weighted by atomic mass is 9.95. The number of hydrogen-bond donors (Lipinski definition) is 2. The van der Waals surface area contributed by atoms with Gasteiger partial charge in [-0.3, -0.25) is 9.69 Å². The maximum atomic E-state index is 12.0. The van der Waals surface area contributed by atoms with E-state index in [1.807, 2.05) is 6.92 Å². The van der Waals surface area contributed by atoms with E-state index in [0.717, 1.165) is 25.9 Å². The summed E-state index contributed by atoms with van der Waals surface area (Å²) in [5, 5.41) is 2.94. The molecule has 1 fully saturated rings.